The molecule has 1 aromatic carbocycles. The first-order valence-corrected chi connectivity index (χ1v) is 6.33. The zero-order valence-corrected chi connectivity index (χ0v) is 11.6. The van der Waals surface area contributed by atoms with Gasteiger partial charge in [-0.15, -0.1) is 0 Å². The summed E-state index contributed by atoms with van der Waals surface area (Å²) in [4.78, 5) is 23.5. The van der Waals surface area contributed by atoms with Gasteiger partial charge in [0.15, 0.2) is 0 Å². The lowest BCUT2D eigenvalue weighted by Crippen LogP contribution is -2.49. The maximum atomic E-state index is 13.2. The predicted octanol–water partition coefficient (Wildman–Crippen LogP) is 2.21. The Balaban J connectivity index is 2.07. The zero-order chi connectivity index (χ0) is 14.9. The van der Waals surface area contributed by atoms with Crippen LogP contribution in [0.25, 0.3) is 0 Å². The average molecular weight is 280 g/mol. The molecule has 1 aliphatic rings. The second-order valence-electron chi connectivity index (χ2n) is 5.69. The van der Waals surface area contributed by atoms with Crippen molar-refractivity contribution < 1.29 is 18.7 Å². The molecule has 1 heterocycles. The van der Waals surface area contributed by atoms with Gasteiger partial charge in [0.1, 0.15) is 17.5 Å². The number of benzene rings is 1. The number of rotatable bonds is 1. The van der Waals surface area contributed by atoms with E-state index in [9.17, 15) is 14.0 Å². The van der Waals surface area contributed by atoms with Crippen LogP contribution in [-0.4, -0.2) is 23.6 Å². The molecule has 1 atom stereocenters. The number of hydrogen-bond donors (Lipinski definition) is 2. The Kier molecular flexibility index (Phi) is 3.65. The van der Waals surface area contributed by atoms with Crippen LogP contribution in [0.1, 0.15) is 26.3 Å². The van der Waals surface area contributed by atoms with Gasteiger partial charge in [0, 0.05) is 12.1 Å². The smallest absolute Gasteiger partial charge is 0.408 e. The summed E-state index contributed by atoms with van der Waals surface area (Å²) < 4.78 is 18.3. The largest absolute Gasteiger partial charge is 0.444 e. The van der Waals surface area contributed by atoms with Crippen LogP contribution in [0.4, 0.5) is 14.9 Å². The minimum absolute atomic E-state index is 0.234. The molecule has 5 nitrogen and oxygen atoms in total. The van der Waals surface area contributed by atoms with Crippen molar-refractivity contribution in [3.8, 4) is 0 Å². The van der Waals surface area contributed by atoms with Crippen LogP contribution in [0.15, 0.2) is 18.2 Å². The summed E-state index contributed by atoms with van der Waals surface area (Å²) in [6, 6.07) is 3.37. The number of amides is 2. The van der Waals surface area contributed by atoms with E-state index in [2.05, 4.69) is 10.6 Å². The highest BCUT2D eigenvalue weighted by Crippen LogP contribution is 2.23. The lowest BCUT2D eigenvalue weighted by molar-refractivity contribution is -0.118. The van der Waals surface area contributed by atoms with Gasteiger partial charge in [0.2, 0.25) is 5.91 Å². The first-order valence-electron chi connectivity index (χ1n) is 6.33. The number of carbonyl (C=O) groups excluding carboxylic acids is 2. The van der Waals surface area contributed by atoms with Crippen molar-refractivity contribution in [1.29, 1.82) is 0 Å². The minimum Gasteiger partial charge on any atom is -0.444 e. The third-order valence-corrected chi connectivity index (χ3v) is 2.76. The van der Waals surface area contributed by atoms with E-state index in [1.807, 2.05) is 0 Å². The van der Waals surface area contributed by atoms with Gasteiger partial charge in [-0.05, 0) is 44.5 Å². The van der Waals surface area contributed by atoms with E-state index in [0.717, 1.165) is 0 Å². The molecule has 0 aliphatic carbocycles. The molecule has 0 fully saturated rings. The van der Waals surface area contributed by atoms with Crippen molar-refractivity contribution in [2.45, 2.75) is 38.8 Å². The molecule has 20 heavy (non-hydrogen) atoms. The van der Waals surface area contributed by atoms with Crippen LogP contribution in [-0.2, 0) is 16.0 Å². The Bertz CT molecular complexity index is 552. The summed E-state index contributed by atoms with van der Waals surface area (Å²) in [6.45, 7) is 5.20. The van der Waals surface area contributed by atoms with Crippen LogP contribution < -0.4 is 10.6 Å². The maximum absolute atomic E-state index is 13.2. The molecular formula is C14H17FN2O3. The molecule has 0 unspecified atom stereocenters. The topological polar surface area (TPSA) is 67.4 Å². The molecule has 6 heteroatoms. The summed E-state index contributed by atoms with van der Waals surface area (Å²) in [6.07, 6.45) is -0.435. The molecule has 0 saturated carbocycles. The van der Waals surface area contributed by atoms with E-state index in [-0.39, 0.29) is 18.1 Å². The molecule has 0 bridgehead atoms. The van der Waals surface area contributed by atoms with Crippen molar-refractivity contribution in [3.05, 3.63) is 29.6 Å². The van der Waals surface area contributed by atoms with Gasteiger partial charge in [-0.25, -0.2) is 9.18 Å². The molecule has 0 saturated heterocycles. The predicted molar refractivity (Wildman–Crippen MR) is 71.9 cm³/mol. The minimum atomic E-state index is -0.765. The second kappa shape index (κ2) is 5.11. The lowest BCUT2D eigenvalue weighted by atomic mass is 9.99. The standard InChI is InChI=1S/C14H17FN2O3/c1-14(2,3)20-13(19)17-11-7-8-6-9(15)4-5-10(8)16-12(11)18/h4-6,11H,7H2,1-3H3,(H,16,18)(H,17,19)/t11-/m1/s1. The van der Waals surface area contributed by atoms with Crippen LogP contribution >= 0.6 is 0 Å². The zero-order valence-electron chi connectivity index (χ0n) is 11.6. The number of ether oxygens (including phenoxy) is 1. The van der Waals surface area contributed by atoms with E-state index in [1.54, 1.807) is 20.8 Å². The van der Waals surface area contributed by atoms with Crippen LogP contribution in [0, 0.1) is 5.82 Å². The number of hydrogen-bond acceptors (Lipinski definition) is 3. The van der Waals surface area contributed by atoms with Crippen molar-refractivity contribution in [2.24, 2.45) is 0 Å². The Hall–Kier alpha value is -2.11. The van der Waals surface area contributed by atoms with E-state index < -0.39 is 17.7 Å². The van der Waals surface area contributed by atoms with E-state index in [1.165, 1.54) is 18.2 Å². The number of alkyl carbamates (subject to hydrolysis) is 1. The van der Waals surface area contributed by atoms with Gasteiger partial charge in [-0.2, -0.15) is 0 Å². The number of halogens is 1. The van der Waals surface area contributed by atoms with Crippen LogP contribution in [0.3, 0.4) is 0 Å². The molecule has 2 rings (SSSR count). The summed E-state index contributed by atoms with van der Waals surface area (Å²) in [7, 11) is 0. The fourth-order valence-corrected chi connectivity index (χ4v) is 1.95. The Labute approximate surface area is 116 Å². The van der Waals surface area contributed by atoms with Crippen LogP contribution in [0.2, 0.25) is 0 Å². The first-order chi connectivity index (χ1) is 9.24. The van der Waals surface area contributed by atoms with E-state index in [4.69, 9.17) is 4.74 Å². The Morgan fingerprint density at radius 2 is 2.15 bits per heavy atom. The fraction of sp³-hybridized carbons (Fsp3) is 0.429. The highest BCUT2D eigenvalue weighted by atomic mass is 19.1. The van der Waals surface area contributed by atoms with Gasteiger partial charge in [0.25, 0.3) is 0 Å². The monoisotopic (exact) mass is 280 g/mol. The number of fused-ring (bicyclic) bond motifs is 1. The Morgan fingerprint density at radius 1 is 1.45 bits per heavy atom. The van der Waals surface area contributed by atoms with Gasteiger partial charge in [-0.1, -0.05) is 0 Å². The maximum Gasteiger partial charge on any atom is 0.408 e. The quantitative estimate of drug-likeness (QED) is 0.828. The molecule has 108 valence electrons. The number of nitrogens with one attached hydrogen (secondary N) is 2. The molecule has 0 spiro atoms. The molecule has 2 amide bonds. The third kappa shape index (κ3) is 3.46. The second-order valence-corrected chi connectivity index (χ2v) is 5.69. The fourth-order valence-electron chi connectivity index (χ4n) is 1.95. The van der Waals surface area contributed by atoms with Gasteiger partial charge >= 0.3 is 6.09 Å². The third-order valence-electron chi connectivity index (χ3n) is 2.76. The molecule has 0 radical (unpaired) electrons. The summed E-state index contributed by atoms with van der Waals surface area (Å²) >= 11 is 0. The molecule has 0 aromatic heterocycles. The first kappa shape index (κ1) is 14.3. The van der Waals surface area contributed by atoms with Gasteiger partial charge in [-0.3, -0.25) is 4.79 Å². The van der Waals surface area contributed by atoms with Crippen molar-refractivity contribution >= 4 is 17.7 Å². The molecular weight excluding hydrogens is 263 g/mol. The molecule has 1 aliphatic heterocycles. The molecule has 1 aromatic rings. The van der Waals surface area contributed by atoms with Crippen LogP contribution in [0.5, 0.6) is 0 Å². The van der Waals surface area contributed by atoms with Crippen molar-refractivity contribution in [3.63, 3.8) is 0 Å². The normalized spacial score (nSPS) is 18.0. The SMILES string of the molecule is CC(C)(C)OC(=O)N[C@@H]1Cc2cc(F)ccc2NC1=O. The Morgan fingerprint density at radius 3 is 2.80 bits per heavy atom. The van der Waals surface area contributed by atoms with Gasteiger partial charge in [0.05, 0.1) is 0 Å². The number of carbonyl (C=O) groups is 2. The highest BCUT2D eigenvalue weighted by Gasteiger charge is 2.29. The average Bonchev–Trinajstić information content (AvgIpc) is 2.28. The summed E-state index contributed by atoms with van der Waals surface area (Å²) in [5.41, 5.74) is 0.573. The summed E-state index contributed by atoms with van der Waals surface area (Å²) in [5.74, 6) is -0.717. The van der Waals surface area contributed by atoms with Gasteiger partial charge < -0.3 is 15.4 Å². The van der Waals surface area contributed by atoms with Crippen molar-refractivity contribution in [2.75, 3.05) is 5.32 Å². The lowest BCUT2D eigenvalue weighted by Gasteiger charge is -2.27. The van der Waals surface area contributed by atoms with Crippen molar-refractivity contribution in [1.82, 2.24) is 5.32 Å². The number of anilines is 1. The highest BCUT2D eigenvalue weighted by molar-refractivity contribution is 5.99. The van der Waals surface area contributed by atoms with E-state index in [0.29, 0.717) is 11.3 Å². The molecule has 2 N–H and O–H groups in total. The van der Waals surface area contributed by atoms with E-state index >= 15 is 0 Å². The summed E-state index contributed by atoms with van der Waals surface area (Å²) in [5, 5.41) is 5.12.